The third-order valence-electron chi connectivity index (χ3n) is 5.51. The number of H-pyrrole nitrogens is 1. The molecule has 2 fully saturated rings. The summed E-state index contributed by atoms with van der Waals surface area (Å²) < 4.78 is 0. The molecular formula is C18H22N4O2S. The smallest absolute Gasteiger partial charge is 0.270 e. The molecule has 1 aliphatic heterocycles. The van der Waals surface area contributed by atoms with Gasteiger partial charge in [-0.15, -0.1) is 0 Å². The lowest BCUT2D eigenvalue weighted by atomic mass is 9.93. The zero-order chi connectivity index (χ0) is 17.4. The third kappa shape index (κ3) is 3.09. The highest BCUT2D eigenvalue weighted by atomic mass is 32.1. The normalized spacial score (nSPS) is 21.2. The number of carbonyl (C=O) groups excluding carboxylic acids is 2. The molecular weight excluding hydrogens is 336 g/mol. The Balaban J connectivity index is 1.58. The van der Waals surface area contributed by atoms with Gasteiger partial charge in [0.05, 0.1) is 5.56 Å². The van der Waals surface area contributed by atoms with Crippen molar-refractivity contribution in [3.8, 4) is 0 Å². The molecule has 25 heavy (non-hydrogen) atoms. The number of piperidine rings is 1. The Kier molecular flexibility index (Phi) is 4.13. The van der Waals surface area contributed by atoms with Gasteiger partial charge >= 0.3 is 0 Å². The topological polar surface area (TPSA) is 91.2 Å². The van der Waals surface area contributed by atoms with E-state index in [4.69, 9.17) is 5.73 Å². The molecule has 0 aromatic carbocycles. The van der Waals surface area contributed by atoms with Crippen LogP contribution >= 0.6 is 11.3 Å². The lowest BCUT2D eigenvalue weighted by molar-refractivity contribution is 0.0687. The van der Waals surface area contributed by atoms with Crippen LogP contribution in [0.5, 0.6) is 0 Å². The molecule has 1 unspecified atom stereocenters. The van der Waals surface area contributed by atoms with Crippen LogP contribution in [-0.2, 0) is 6.54 Å². The van der Waals surface area contributed by atoms with Gasteiger partial charge in [0.1, 0.15) is 5.69 Å². The first-order valence-electron chi connectivity index (χ1n) is 8.60. The molecule has 1 spiro atoms. The van der Waals surface area contributed by atoms with Gasteiger partial charge in [-0.2, -0.15) is 11.3 Å². The minimum atomic E-state index is -0.527. The molecule has 4 N–H and O–H groups in total. The fourth-order valence-electron chi connectivity index (χ4n) is 3.95. The molecule has 2 amide bonds. The van der Waals surface area contributed by atoms with Crippen molar-refractivity contribution in [1.29, 1.82) is 0 Å². The number of carbonyl (C=O) groups is 2. The van der Waals surface area contributed by atoms with Gasteiger partial charge in [-0.25, -0.2) is 0 Å². The van der Waals surface area contributed by atoms with E-state index in [1.807, 2.05) is 10.3 Å². The number of rotatable bonds is 5. The molecule has 132 valence electrons. The molecule has 2 aliphatic rings. The molecule has 4 rings (SSSR count). The zero-order valence-corrected chi connectivity index (χ0v) is 14.8. The van der Waals surface area contributed by atoms with E-state index in [0.29, 0.717) is 17.8 Å². The standard InChI is InChI=1S/C18H22N4O2S/c19-16(23)13-7-14(21-9-13)17(24)22(10-12-1-6-25-11-12)15-8-18(15)2-4-20-5-3-18/h1,6-7,9,11,15,20-21H,2-5,8,10H2,(H2,19,23). The molecule has 0 radical (unpaired) electrons. The first-order valence-corrected chi connectivity index (χ1v) is 9.54. The zero-order valence-electron chi connectivity index (χ0n) is 14.0. The summed E-state index contributed by atoms with van der Waals surface area (Å²) in [6.07, 6.45) is 4.80. The fraction of sp³-hybridized carbons (Fsp3) is 0.444. The van der Waals surface area contributed by atoms with Crippen LogP contribution in [0.4, 0.5) is 0 Å². The summed E-state index contributed by atoms with van der Waals surface area (Å²) in [5, 5.41) is 7.52. The summed E-state index contributed by atoms with van der Waals surface area (Å²) in [4.78, 5) is 29.4. The van der Waals surface area contributed by atoms with E-state index in [9.17, 15) is 9.59 Å². The van der Waals surface area contributed by atoms with E-state index in [-0.39, 0.29) is 17.4 Å². The number of nitrogens with two attached hydrogens (primary N) is 1. The van der Waals surface area contributed by atoms with Crippen molar-refractivity contribution in [2.24, 2.45) is 11.1 Å². The first kappa shape index (κ1) is 16.4. The summed E-state index contributed by atoms with van der Waals surface area (Å²) in [5.41, 5.74) is 7.49. The Morgan fingerprint density at radius 2 is 2.16 bits per heavy atom. The second kappa shape index (κ2) is 6.31. The van der Waals surface area contributed by atoms with Gasteiger partial charge < -0.3 is 20.9 Å². The summed E-state index contributed by atoms with van der Waals surface area (Å²) in [5.74, 6) is -0.583. The highest BCUT2D eigenvalue weighted by Crippen LogP contribution is 2.56. The summed E-state index contributed by atoms with van der Waals surface area (Å²) in [7, 11) is 0. The van der Waals surface area contributed by atoms with Crippen LogP contribution in [-0.4, -0.2) is 40.8 Å². The third-order valence-corrected chi connectivity index (χ3v) is 6.25. The summed E-state index contributed by atoms with van der Waals surface area (Å²) in [6.45, 7) is 2.64. The van der Waals surface area contributed by atoms with E-state index >= 15 is 0 Å². The quantitative estimate of drug-likeness (QED) is 0.763. The maximum Gasteiger partial charge on any atom is 0.270 e. The fourth-order valence-corrected chi connectivity index (χ4v) is 4.61. The highest BCUT2D eigenvalue weighted by Gasteiger charge is 2.57. The van der Waals surface area contributed by atoms with E-state index in [0.717, 1.165) is 37.9 Å². The van der Waals surface area contributed by atoms with Gasteiger partial charge in [0.15, 0.2) is 0 Å². The number of hydrogen-bond acceptors (Lipinski definition) is 4. The molecule has 2 aromatic heterocycles. The second-order valence-electron chi connectivity index (χ2n) is 7.06. The lowest BCUT2D eigenvalue weighted by Gasteiger charge is -2.29. The summed E-state index contributed by atoms with van der Waals surface area (Å²) >= 11 is 1.64. The van der Waals surface area contributed by atoms with Crippen molar-refractivity contribution >= 4 is 23.2 Å². The van der Waals surface area contributed by atoms with Gasteiger partial charge in [-0.3, -0.25) is 9.59 Å². The largest absolute Gasteiger partial charge is 0.366 e. The second-order valence-corrected chi connectivity index (χ2v) is 7.84. The number of amides is 2. The maximum atomic E-state index is 13.1. The van der Waals surface area contributed by atoms with Gasteiger partial charge in [-0.05, 0) is 66.2 Å². The molecule has 6 nitrogen and oxygen atoms in total. The van der Waals surface area contributed by atoms with Crippen LogP contribution in [0.25, 0.3) is 0 Å². The molecule has 0 bridgehead atoms. The van der Waals surface area contributed by atoms with Crippen LogP contribution < -0.4 is 11.1 Å². The molecule has 1 atom stereocenters. The van der Waals surface area contributed by atoms with Crippen LogP contribution in [0.3, 0.4) is 0 Å². The molecule has 3 heterocycles. The molecule has 1 saturated heterocycles. The first-order chi connectivity index (χ1) is 12.1. The van der Waals surface area contributed by atoms with Crippen LogP contribution in [0.1, 0.15) is 45.7 Å². The number of nitrogens with one attached hydrogen (secondary N) is 2. The van der Waals surface area contributed by atoms with E-state index in [1.54, 1.807) is 17.4 Å². The minimum Gasteiger partial charge on any atom is -0.366 e. The Labute approximate surface area is 150 Å². The van der Waals surface area contributed by atoms with Crippen molar-refractivity contribution < 1.29 is 9.59 Å². The monoisotopic (exact) mass is 358 g/mol. The Bertz CT molecular complexity index is 777. The van der Waals surface area contributed by atoms with Crippen molar-refractivity contribution in [1.82, 2.24) is 15.2 Å². The Hall–Kier alpha value is -2.12. The van der Waals surface area contributed by atoms with Crippen LogP contribution in [0.2, 0.25) is 0 Å². The van der Waals surface area contributed by atoms with E-state index in [2.05, 4.69) is 21.7 Å². The number of thiophene rings is 1. The number of aromatic amines is 1. The van der Waals surface area contributed by atoms with Crippen molar-refractivity contribution in [2.75, 3.05) is 13.1 Å². The summed E-state index contributed by atoms with van der Waals surface area (Å²) in [6, 6.07) is 3.89. The van der Waals surface area contributed by atoms with E-state index in [1.165, 1.54) is 6.20 Å². The average molecular weight is 358 g/mol. The Morgan fingerprint density at radius 3 is 2.80 bits per heavy atom. The predicted molar refractivity (Wildman–Crippen MR) is 96.4 cm³/mol. The average Bonchev–Trinajstić information content (AvgIpc) is 3.06. The number of nitrogens with zero attached hydrogens (tertiary/aromatic N) is 1. The Morgan fingerprint density at radius 1 is 1.36 bits per heavy atom. The van der Waals surface area contributed by atoms with Gasteiger partial charge in [0, 0.05) is 18.8 Å². The van der Waals surface area contributed by atoms with Crippen LogP contribution in [0, 0.1) is 5.41 Å². The van der Waals surface area contributed by atoms with Gasteiger partial charge in [0.2, 0.25) is 5.91 Å². The molecule has 7 heteroatoms. The lowest BCUT2D eigenvalue weighted by Crippen LogP contribution is -2.39. The van der Waals surface area contributed by atoms with Gasteiger partial charge in [-0.1, -0.05) is 0 Å². The van der Waals surface area contributed by atoms with Crippen molar-refractivity contribution in [2.45, 2.75) is 31.8 Å². The molecule has 2 aromatic rings. The molecule has 1 saturated carbocycles. The van der Waals surface area contributed by atoms with Gasteiger partial charge in [0.25, 0.3) is 5.91 Å². The number of aromatic nitrogens is 1. The number of primary amides is 1. The van der Waals surface area contributed by atoms with Crippen molar-refractivity contribution in [3.05, 3.63) is 45.9 Å². The SMILES string of the molecule is NC(=O)c1c[nH]c(C(=O)N(Cc2ccsc2)C2CC23CCNCC3)c1. The maximum absolute atomic E-state index is 13.1. The van der Waals surface area contributed by atoms with Crippen molar-refractivity contribution in [3.63, 3.8) is 0 Å². The highest BCUT2D eigenvalue weighted by molar-refractivity contribution is 7.07. The molecule has 1 aliphatic carbocycles. The van der Waals surface area contributed by atoms with E-state index < -0.39 is 5.91 Å². The minimum absolute atomic E-state index is 0.0564. The predicted octanol–water partition coefficient (Wildman–Crippen LogP) is 1.96. The number of hydrogen-bond donors (Lipinski definition) is 3. The van der Waals surface area contributed by atoms with Crippen LogP contribution in [0.15, 0.2) is 29.1 Å².